The fraction of sp³-hybridized carbons (Fsp3) is 0.243. The van der Waals surface area contributed by atoms with Crippen LogP contribution in [0.2, 0.25) is 10.0 Å². The second-order valence-electron chi connectivity index (χ2n) is 12.0. The molecule has 0 atom stereocenters. The minimum Gasteiger partial charge on any atom is -0.361 e. The van der Waals surface area contributed by atoms with Crippen molar-refractivity contribution in [3.63, 3.8) is 0 Å². The fourth-order valence-corrected chi connectivity index (χ4v) is 6.86. The number of amides is 1. The molecule has 1 aliphatic rings. The van der Waals surface area contributed by atoms with Crippen LogP contribution in [0.1, 0.15) is 56.4 Å². The van der Waals surface area contributed by atoms with Gasteiger partial charge in [0.15, 0.2) is 0 Å². The Hall–Kier alpha value is -4.08. The number of nitrogens with zero attached hydrogens (tertiary/aromatic N) is 3. The summed E-state index contributed by atoms with van der Waals surface area (Å²) >= 11 is 17.4. The number of rotatable bonds is 6. The van der Waals surface area contributed by atoms with E-state index in [4.69, 9.17) is 34.8 Å². The molecule has 1 aliphatic heterocycles. The van der Waals surface area contributed by atoms with Gasteiger partial charge in [-0.15, -0.1) is 0 Å². The first kappa shape index (κ1) is 33.8. The zero-order chi connectivity index (χ0) is 33.9. The number of H-pyrrole nitrogens is 1. The van der Waals surface area contributed by atoms with Gasteiger partial charge in [0, 0.05) is 68.0 Å². The van der Waals surface area contributed by atoms with Crippen molar-refractivity contribution in [3.8, 4) is 0 Å². The highest BCUT2D eigenvalue weighted by atomic mass is 35.5. The number of fused-ring (bicyclic) bond motifs is 3. The zero-order valence-electron chi connectivity index (χ0n) is 26.4. The summed E-state index contributed by atoms with van der Waals surface area (Å²) < 4.78 is 13.5. The molecule has 1 amide bonds. The lowest BCUT2D eigenvalue weighted by Crippen LogP contribution is -2.39. The van der Waals surface area contributed by atoms with Crippen LogP contribution in [0, 0.1) is 19.7 Å². The zero-order valence-corrected chi connectivity index (χ0v) is 28.7. The van der Waals surface area contributed by atoms with Crippen LogP contribution in [0.25, 0.3) is 32.7 Å². The topological polar surface area (TPSA) is 91.0 Å². The Morgan fingerprint density at radius 2 is 1.44 bits per heavy atom. The SMILES string of the molecule is Cc1cc(C(=O)Cl)c2ccc(Cl)cc2n1.Cc1cc(C(=O)NCCN2CCC(c3c[nH]c4cc(F)ccc34)CC2)c2ccc(Cl)cc2n1. The molecule has 2 N–H and O–H groups in total. The number of pyridine rings is 2. The lowest BCUT2D eigenvalue weighted by atomic mass is 9.89. The molecular formula is C37H33Cl3FN5O2. The van der Waals surface area contributed by atoms with E-state index in [0.29, 0.717) is 39.2 Å². The molecule has 0 spiro atoms. The quantitative estimate of drug-likeness (QED) is 0.169. The molecule has 1 saturated heterocycles. The van der Waals surface area contributed by atoms with Crippen molar-refractivity contribution in [1.82, 2.24) is 25.2 Å². The van der Waals surface area contributed by atoms with E-state index in [-0.39, 0.29) is 11.7 Å². The summed E-state index contributed by atoms with van der Waals surface area (Å²) in [6.07, 6.45) is 4.12. The van der Waals surface area contributed by atoms with Crippen molar-refractivity contribution in [2.24, 2.45) is 0 Å². The molecule has 3 aromatic heterocycles. The van der Waals surface area contributed by atoms with Gasteiger partial charge >= 0.3 is 0 Å². The van der Waals surface area contributed by atoms with Gasteiger partial charge in [-0.05, 0) is 117 Å². The Balaban J connectivity index is 0.000000223. The largest absolute Gasteiger partial charge is 0.361 e. The first-order valence-electron chi connectivity index (χ1n) is 15.7. The Bertz CT molecular complexity index is 2150. The van der Waals surface area contributed by atoms with E-state index >= 15 is 0 Å². The standard InChI is InChI=1S/C26H26ClFN4O.C11H7Cl2NO/c1-16-12-22(20-4-2-18(27)13-25(20)31-16)26(33)29-8-11-32-9-6-17(7-10-32)23-15-30-24-14-19(28)3-5-21(23)24;1-6-4-9(11(13)15)8-3-2-7(12)5-10(8)14-6/h2-5,12-15,17,30H,6-11H2,1H3,(H,29,33);2-5H,1H3. The van der Waals surface area contributed by atoms with Crippen molar-refractivity contribution in [3.05, 3.63) is 117 Å². The minimum absolute atomic E-state index is 0.0891. The summed E-state index contributed by atoms with van der Waals surface area (Å²) in [7, 11) is 0. The highest BCUT2D eigenvalue weighted by molar-refractivity contribution is 6.68. The lowest BCUT2D eigenvalue weighted by molar-refractivity contribution is 0.0947. The molecule has 7 rings (SSSR count). The molecule has 0 radical (unpaired) electrons. The molecule has 48 heavy (non-hydrogen) atoms. The second-order valence-corrected chi connectivity index (χ2v) is 13.2. The number of aryl methyl sites for hydroxylation is 2. The molecule has 246 valence electrons. The maximum Gasteiger partial charge on any atom is 0.253 e. The van der Waals surface area contributed by atoms with Crippen molar-refractivity contribution in [2.45, 2.75) is 32.6 Å². The monoisotopic (exact) mass is 703 g/mol. The normalized spacial score (nSPS) is 13.9. The molecule has 11 heteroatoms. The number of benzene rings is 3. The number of aromatic amines is 1. The number of carbonyl (C=O) groups is 2. The van der Waals surface area contributed by atoms with Crippen LogP contribution >= 0.6 is 34.8 Å². The van der Waals surface area contributed by atoms with E-state index in [2.05, 4.69) is 25.2 Å². The van der Waals surface area contributed by atoms with Crippen LogP contribution in [0.15, 0.2) is 72.9 Å². The number of nitrogens with one attached hydrogen (secondary N) is 2. The van der Waals surface area contributed by atoms with Gasteiger partial charge in [0.25, 0.3) is 11.1 Å². The van der Waals surface area contributed by atoms with Crippen molar-refractivity contribution in [1.29, 1.82) is 0 Å². The second kappa shape index (κ2) is 14.6. The van der Waals surface area contributed by atoms with E-state index in [9.17, 15) is 14.0 Å². The molecule has 0 aliphatic carbocycles. The molecule has 0 bridgehead atoms. The van der Waals surface area contributed by atoms with Crippen LogP contribution in [0.4, 0.5) is 4.39 Å². The average molecular weight is 705 g/mol. The van der Waals surface area contributed by atoms with Gasteiger partial charge < -0.3 is 15.2 Å². The van der Waals surface area contributed by atoms with Crippen LogP contribution in [0.5, 0.6) is 0 Å². The third-order valence-corrected chi connectivity index (χ3v) is 9.35. The number of halogens is 4. The third kappa shape index (κ3) is 7.63. The summed E-state index contributed by atoms with van der Waals surface area (Å²) in [5.41, 5.74) is 6.18. The molecule has 0 unspecified atom stereocenters. The van der Waals surface area contributed by atoms with Gasteiger partial charge in [-0.2, -0.15) is 0 Å². The number of hydrogen-bond acceptors (Lipinski definition) is 5. The van der Waals surface area contributed by atoms with E-state index in [1.54, 1.807) is 42.5 Å². The predicted molar refractivity (Wildman–Crippen MR) is 192 cm³/mol. The maximum absolute atomic E-state index is 13.5. The molecule has 0 saturated carbocycles. The maximum atomic E-state index is 13.5. The molecule has 4 heterocycles. The summed E-state index contributed by atoms with van der Waals surface area (Å²) in [5, 5.41) is 6.43. The van der Waals surface area contributed by atoms with E-state index in [1.165, 1.54) is 11.6 Å². The highest BCUT2D eigenvalue weighted by Gasteiger charge is 2.23. The fourth-order valence-electron chi connectivity index (χ4n) is 6.37. The van der Waals surface area contributed by atoms with Gasteiger partial charge in [-0.3, -0.25) is 19.6 Å². The van der Waals surface area contributed by atoms with Crippen LogP contribution in [-0.2, 0) is 0 Å². The lowest BCUT2D eigenvalue weighted by Gasteiger charge is -2.32. The summed E-state index contributed by atoms with van der Waals surface area (Å²) in [6, 6.07) is 19.0. The van der Waals surface area contributed by atoms with E-state index in [0.717, 1.165) is 71.1 Å². The van der Waals surface area contributed by atoms with Gasteiger partial charge in [-0.1, -0.05) is 35.3 Å². The Kier molecular flexibility index (Phi) is 10.3. The first-order chi connectivity index (χ1) is 23.0. The summed E-state index contributed by atoms with van der Waals surface area (Å²) in [4.78, 5) is 38.4. The number of hydrogen-bond donors (Lipinski definition) is 2. The van der Waals surface area contributed by atoms with Gasteiger partial charge in [-0.25, -0.2) is 4.39 Å². The number of carbonyl (C=O) groups excluding carboxylic acids is 2. The van der Waals surface area contributed by atoms with Crippen LogP contribution in [0.3, 0.4) is 0 Å². The van der Waals surface area contributed by atoms with E-state index in [1.807, 2.05) is 38.2 Å². The van der Waals surface area contributed by atoms with Crippen LogP contribution in [-0.4, -0.2) is 57.2 Å². The van der Waals surface area contributed by atoms with Crippen LogP contribution < -0.4 is 5.32 Å². The third-order valence-electron chi connectivity index (χ3n) is 8.67. The molecule has 3 aromatic carbocycles. The number of likely N-dealkylation sites (tertiary alicyclic amines) is 1. The Morgan fingerprint density at radius 1 is 0.854 bits per heavy atom. The molecule has 6 aromatic rings. The summed E-state index contributed by atoms with van der Waals surface area (Å²) in [5.74, 6) is 0.160. The highest BCUT2D eigenvalue weighted by Crippen LogP contribution is 2.33. The molecule has 1 fully saturated rings. The summed E-state index contributed by atoms with van der Waals surface area (Å²) in [6.45, 7) is 7.04. The smallest absolute Gasteiger partial charge is 0.253 e. The molecular weight excluding hydrogens is 672 g/mol. The number of piperidine rings is 1. The van der Waals surface area contributed by atoms with Gasteiger partial charge in [0.05, 0.1) is 16.6 Å². The Morgan fingerprint density at radius 3 is 2.06 bits per heavy atom. The van der Waals surface area contributed by atoms with Crippen molar-refractivity contribution < 1.29 is 14.0 Å². The Labute approximate surface area is 292 Å². The van der Waals surface area contributed by atoms with Crippen molar-refractivity contribution >= 4 is 78.7 Å². The predicted octanol–water partition coefficient (Wildman–Crippen LogP) is 9.00. The van der Waals surface area contributed by atoms with Crippen molar-refractivity contribution in [2.75, 3.05) is 26.2 Å². The van der Waals surface area contributed by atoms with Gasteiger partial charge in [0.1, 0.15) is 5.82 Å². The number of aromatic nitrogens is 3. The van der Waals surface area contributed by atoms with Gasteiger partial charge in [0.2, 0.25) is 0 Å². The molecule has 7 nitrogen and oxygen atoms in total. The van der Waals surface area contributed by atoms with E-state index < -0.39 is 5.24 Å². The first-order valence-corrected chi connectivity index (χ1v) is 16.8. The average Bonchev–Trinajstić information content (AvgIpc) is 3.47. The minimum atomic E-state index is -0.479.